The maximum absolute atomic E-state index is 12.3. The van der Waals surface area contributed by atoms with Crippen molar-refractivity contribution in [2.45, 2.75) is 45.1 Å². The molecule has 0 aromatic rings. The normalized spacial score (nSPS) is 30.7. The zero-order valence-corrected chi connectivity index (χ0v) is 11.9. The van der Waals surface area contributed by atoms with Crippen molar-refractivity contribution in [3.8, 4) is 0 Å². The second kappa shape index (κ2) is 6.98. The molecule has 6 heteroatoms. The van der Waals surface area contributed by atoms with Gasteiger partial charge in [0.1, 0.15) is 0 Å². The number of carbonyl (C=O) groups is 1. The Kier molecular flexibility index (Phi) is 5.90. The molecule has 0 amide bonds. The fourth-order valence-electron chi connectivity index (χ4n) is 2.42. The molecule has 19 heavy (non-hydrogen) atoms. The van der Waals surface area contributed by atoms with Crippen LogP contribution in [-0.4, -0.2) is 54.5 Å². The van der Waals surface area contributed by atoms with Gasteiger partial charge in [0.15, 0.2) is 18.1 Å². The molecule has 0 aromatic heterocycles. The lowest BCUT2D eigenvalue weighted by Crippen LogP contribution is -2.52. The first-order chi connectivity index (χ1) is 8.97. The van der Waals surface area contributed by atoms with E-state index in [1.165, 1.54) is 14.2 Å². The van der Waals surface area contributed by atoms with Gasteiger partial charge in [-0.2, -0.15) is 0 Å². The van der Waals surface area contributed by atoms with Crippen molar-refractivity contribution in [1.82, 2.24) is 0 Å². The maximum Gasteiger partial charge on any atom is 0.223 e. The molecule has 0 saturated carbocycles. The Bertz CT molecular complexity index is 344. The van der Waals surface area contributed by atoms with Gasteiger partial charge < -0.3 is 19.7 Å². The van der Waals surface area contributed by atoms with Gasteiger partial charge in [0.2, 0.25) is 5.90 Å². The van der Waals surface area contributed by atoms with Crippen LogP contribution in [0.25, 0.3) is 0 Å². The molecule has 0 spiro atoms. The molecule has 5 atom stereocenters. The van der Waals surface area contributed by atoms with Crippen molar-refractivity contribution in [3.05, 3.63) is 0 Å². The largest absolute Gasteiger partial charge is 0.482 e. The number of aliphatic hydroxyl groups is 2. The van der Waals surface area contributed by atoms with Gasteiger partial charge in [-0.25, -0.2) is 4.99 Å². The van der Waals surface area contributed by atoms with E-state index in [1.54, 1.807) is 0 Å². The topological polar surface area (TPSA) is 88.4 Å². The average molecular weight is 273 g/mol. The van der Waals surface area contributed by atoms with E-state index in [4.69, 9.17) is 9.47 Å². The summed E-state index contributed by atoms with van der Waals surface area (Å²) in [6.45, 7) is 3.85. The molecule has 5 unspecified atom stereocenters. The summed E-state index contributed by atoms with van der Waals surface area (Å²) in [7, 11) is 2.73. The SMILES string of the molecule is CCCC(C)C(O)C1C(=O)C(OC)C(OC)=NC1O. The third-order valence-corrected chi connectivity index (χ3v) is 3.53. The Balaban J connectivity index is 2.95. The monoisotopic (exact) mass is 273 g/mol. The van der Waals surface area contributed by atoms with Crippen molar-refractivity contribution in [2.24, 2.45) is 16.8 Å². The molecular formula is C13H23NO5. The van der Waals surface area contributed by atoms with Gasteiger partial charge in [0, 0.05) is 7.11 Å². The number of methoxy groups -OCH3 is 2. The van der Waals surface area contributed by atoms with E-state index in [1.807, 2.05) is 13.8 Å². The van der Waals surface area contributed by atoms with Gasteiger partial charge in [0.25, 0.3) is 0 Å². The predicted octanol–water partition coefficient (Wildman–Crippen LogP) is 0.361. The van der Waals surface area contributed by atoms with Gasteiger partial charge in [0.05, 0.1) is 19.1 Å². The van der Waals surface area contributed by atoms with Crippen LogP contribution in [0, 0.1) is 11.8 Å². The van der Waals surface area contributed by atoms with Crippen LogP contribution in [0.15, 0.2) is 4.99 Å². The van der Waals surface area contributed by atoms with Crippen LogP contribution in [0.5, 0.6) is 0 Å². The maximum atomic E-state index is 12.3. The number of aliphatic imine (C=N–C) groups is 1. The van der Waals surface area contributed by atoms with E-state index in [2.05, 4.69) is 4.99 Å². The number of hydrogen-bond donors (Lipinski definition) is 2. The number of Topliss-reactive ketones (excluding diaryl/α,β-unsaturated/α-hetero) is 1. The number of aliphatic hydroxyl groups excluding tert-OH is 2. The van der Waals surface area contributed by atoms with Crippen LogP contribution in [0.1, 0.15) is 26.7 Å². The Hall–Kier alpha value is -0.980. The summed E-state index contributed by atoms with van der Waals surface area (Å²) in [4.78, 5) is 16.2. The van der Waals surface area contributed by atoms with Crippen molar-refractivity contribution >= 4 is 11.7 Å². The first-order valence-corrected chi connectivity index (χ1v) is 6.52. The number of nitrogens with zero attached hydrogens (tertiary/aromatic N) is 1. The van der Waals surface area contributed by atoms with E-state index in [0.29, 0.717) is 0 Å². The van der Waals surface area contributed by atoms with E-state index in [-0.39, 0.29) is 11.8 Å². The lowest BCUT2D eigenvalue weighted by molar-refractivity contribution is -0.143. The summed E-state index contributed by atoms with van der Waals surface area (Å²) >= 11 is 0. The molecule has 0 aromatic carbocycles. The van der Waals surface area contributed by atoms with Gasteiger partial charge in [-0.15, -0.1) is 0 Å². The third-order valence-electron chi connectivity index (χ3n) is 3.53. The molecule has 1 aliphatic rings. The Labute approximate surface area is 113 Å². The summed E-state index contributed by atoms with van der Waals surface area (Å²) in [6.07, 6.45) is -1.52. The van der Waals surface area contributed by atoms with E-state index in [9.17, 15) is 15.0 Å². The summed E-state index contributed by atoms with van der Waals surface area (Å²) in [5, 5.41) is 20.2. The Morgan fingerprint density at radius 3 is 2.53 bits per heavy atom. The summed E-state index contributed by atoms with van der Waals surface area (Å²) in [5.74, 6) is -1.40. The van der Waals surface area contributed by atoms with Crippen LogP contribution >= 0.6 is 0 Å². The number of ether oxygens (including phenoxy) is 2. The Morgan fingerprint density at radius 2 is 2.05 bits per heavy atom. The van der Waals surface area contributed by atoms with Gasteiger partial charge in [-0.3, -0.25) is 4.79 Å². The van der Waals surface area contributed by atoms with E-state index >= 15 is 0 Å². The fraction of sp³-hybridized carbons (Fsp3) is 0.846. The second-order valence-electron chi connectivity index (χ2n) is 4.89. The second-order valence-corrected chi connectivity index (χ2v) is 4.89. The van der Waals surface area contributed by atoms with Crippen LogP contribution in [0.4, 0.5) is 0 Å². The highest BCUT2D eigenvalue weighted by atomic mass is 16.5. The molecule has 110 valence electrons. The summed E-state index contributed by atoms with van der Waals surface area (Å²) in [6, 6.07) is 0. The molecule has 0 saturated heterocycles. The quantitative estimate of drug-likeness (QED) is 0.755. The molecule has 0 radical (unpaired) electrons. The predicted molar refractivity (Wildman–Crippen MR) is 69.8 cm³/mol. The van der Waals surface area contributed by atoms with Crippen molar-refractivity contribution in [1.29, 1.82) is 0 Å². The molecule has 0 bridgehead atoms. The molecule has 0 fully saturated rings. The minimum absolute atomic E-state index is 0.0478. The lowest BCUT2D eigenvalue weighted by atomic mass is 9.82. The molecule has 1 rings (SSSR count). The first-order valence-electron chi connectivity index (χ1n) is 6.52. The van der Waals surface area contributed by atoms with Gasteiger partial charge in [-0.1, -0.05) is 20.3 Å². The zero-order chi connectivity index (χ0) is 14.6. The first kappa shape index (κ1) is 16.1. The molecule has 2 N–H and O–H groups in total. The number of carbonyl (C=O) groups excluding carboxylic acids is 1. The van der Waals surface area contributed by atoms with E-state index in [0.717, 1.165) is 12.8 Å². The number of hydrogen-bond acceptors (Lipinski definition) is 6. The minimum atomic E-state index is -1.29. The third kappa shape index (κ3) is 3.32. The highest BCUT2D eigenvalue weighted by molar-refractivity contribution is 6.07. The highest BCUT2D eigenvalue weighted by Crippen LogP contribution is 2.27. The number of ketones is 1. The van der Waals surface area contributed by atoms with E-state index < -0.39 is 30.1 Å². The summed E-state index contributed by atoms with van der Waals surface area (Å²) < 4.78 is 9.98. The Morgan fingerprint density at radius 1 is 1.42 bits per heavy atom. The van der Waals surface area contributed by atoms with Crippen molar-refractivity contribution < 1.29 is 24.5 Å². The summed E-state index contributed by atoms with van der Waals surface area (Å²) in [5.41, 5.74) is 0. The molecule has 6 nitrogen and oxygen atoms in total. The fourth-order valence-corrected chi connectivity index (χ4v) is 2.42. The zero-order valence-electron chi connectivity index (χ0n) is 11.9. The van der Waals surface area contributed by atoms with Crippen molar-refractivity contribution in [2.75, 3.05) is 14.2 Å². The lowest BCUT2D eigenvalue weighted by Gasteiger charge is -2.34. The van der Waals surface area contributed by atoms with Crippen molar-refractivity contribution in [3.63, 3.8) is 0 Å². The van der Waals surface area contributed by atoms with Gasteiger partial charge >= 0.3 is 0 Å². The average Bonchev–Trinajstić information content (AvgIpc) is 2.38. The highest BCUT2D eigenvalue weighted by Gasteiger charge is 2.45. The molecule has 0 aliphatic carbocycles. The van der Waals surface area contributed by atoms with Gasteiger partial charge in [-0.05, 0) is 12.3 Å². The smallest absolute Gasteiger partial charge is 0.223 e. The molecule has 1 heterocycles. The standard InChI is InChI=1S/C13H23NO5/c1-5-6-7(2)9(15)8-10(16)11(18-3)13(19-4)14-12(8)17/h7-9,11-12,15,17H,5-6H2,1-4H3. The van der Waals surface area contributed by atoms with Crippen LogP contribution in [0.2, 0.25) is 0 Å². The number of rotatable bonds is 5. The molecular weight excluding hydrogens is 250 g/mol. The van der Waals surface area contributed by atoms with Crippen LogP contribution in [-0.2, 0) is 14.3 Å². The van der Waals surface area contributed by atoms with Crippen LogP contribution in [0.3, 0.4) is 0 Å². The molecule has 1 aliphatic heterocycles. The van der Waals surface area contributed by atoms with Crippen LogP contribution < -0.4 is 0 Å². The minimum Gasteiger partial charge on any atom is -0.482 e.